The zero-order chi connectivity index (χ0) is 10.1. The summed E-state index contributed by atoms with van der Waals surface area (Å²) in [4.78, 5) is 0. The van der Waals surface area contributed by atoms with Crippen LogP contribution in [0.3, 0.4) is 0 Å². The Bertz CT molecular complexity index is 305. The predicted molar refractivity (Wildman–Crippen MR) is 56.4 cm³/mol. The third kappa shape index (κ3) is 1.97. The van der Waals surface area contributed by atoms with E-state index in [4.69, 9.17) is 11.6 Å². The molecule has 1 N–H and O–H groups in total. The molecule has 0 amide bonds. The SMILES string of the molecule is CCC(C)(C)c1cccc(Cl)c1O. The zero-order valence-corrected chi connectivity index (χ0v) is 9.02. The first-order chi connectivity index (χ1) is 5.99. The molecule has 0 unspecified atom stereocenters. The maximum absolute atomic E-state index is 9.73. The standard InChI is InChI=1S/C11H15ClO/c1-4-11(2,3)8-6-5-7-9(12)10(8)13/h5-7,13H,4H2,1-3H3. The van der Waals surface area contributed by atoms with Crippen LogP contribution < -0.4 is 0 Å². The van der Waals surface area contributed by atoms with Gasteiger partial charge in [-0.05, 0) is 17.9 Å². The van der Waals surface area contributed by atoms with Crippen LogP contribution in [-0.4, -0.2) is 5.11 Å². The molecule has 13 heavy (non-hydrogen) atoms. The second-order valence-electron chi connectivity index (χ2n) is 3.87. The number of aromatic hydroxyl groups is 1. The fourth-order valence-corrected chi connectivity index (χ4v) is 1.43. The van der Waals surface area contributed by atoms with E-state index in [9.17, 15) is 5.11 Å². The van der Waals surface area contributed by atoms with E-state index in [1.807, 2.05) is 12.1 Å². The lowest BCUT2D eigenvalue weighted by atomic mass is 9.82. The molecule has 0 aliphatic carbocycles. The van der Waals surface area contributed by atoms with Gasteiger partial charge in [0.05, 0.1) is 5.02 Å². The van der Waals surface area contributed by atoms with Crippen molar-refractivity contribution in [2.75, 3.05) is 0 Å². The lowest BCUT2D eigenvalue weighted by Crippen LogP contribution is -2.15. The van der Waals surface area contributed by atoms with Crippen LogP contribution >= 0.6 is 11.6 Å². The lowest BCUT2D eigenvalue weighted by molar-refractivity contribution is 0.429. The Labute approximate surface area is 84.4 Å². The molecular formula is C11H15ClO. The van der Waals surface area contributed by atoms with Gasteiger partial charge in [-0.3, -0.25) is 0 Å². The summed E-state index contributed by atoms with van der Waals surface area (Å²) in [5, 5.41) is 10.2. The van der Waals surface area contributed by atoms with Crippen LogP contribution in [0.2, 0.25) is 5.02 Å². The average molecular weight is 199 g/mol. The van der Waals surface area contributed by atoms with Crippen molar-refractivity contribution in [2.24, 2.45) is 0 Å². The second-order valence-corrected chi connectivity index (χ2v) is 4.28. The Hall–Kier alpha value is -0.690. The van der Waals surface area contributed by atoms with Crippen molar-refractivity contribution in [3.63, 3.8) is 0 Å². The highest BCUT2D eigenvalue weighted by molar-refractivity contribution is 6.32. The minimum atomic E-state index is -0.0189. The molecule has 1 aromatic carbocycles. The largest absolute Gasteiger partial charge is 0.506 e. The molecule has 0 saturated carbocycles. The van der Waals surface area contributed by atoms with Crippen LogP contribution in [0.5, 0.6) is 5.75 Å². The second kappa shape index (κ2) is 3.59. The van der Waals surface area contributed by atoms with E-state index in [1.165, 1.54) is 0 Å². The summed E-state index contributed by atoms with van der Waals surface area (Å²) < 4.78 is 0. The molecule has 0 atom stereocenters. The summed E-state index contributed by atoms with van der Waals surface area (Å²) in [5.41, 5.74) is 0.900. The van der Waals surface area contributed by atoms with E-state index in [-0.39, 0.29) is 11.2 Å². The highest BCUT2D eigenvalue weighted by Crippen LogP contribution is 2.37. The van der Waals surface area contributed by atoms with E-state index in [2.05, 4.69) is 20.8 Å². The van der Waals surface area contributed by atoms with Crippen LogP contribution in [0.25, 0.3) is 0 Å². The van der Waals surface area contributed by atoms with E-state index in [0.717, 1.165) is 12.0 Å². The Morgan fingerprint density at radius 1 is 1.38 bits per heavy atom. The number of para-hydroxylation sites is 1. The highest BCUT2D eigenvalue weighted by Gasteiger charge is 2.22. The average Bonchev–Trinajstić information content (AvgIpc) is 2.09. The van der Waals surface area contributed by atoms with E-state index >= 15 is 0 Å². The number of phenols is 1. The van der Waals surface area contributed by atoms with E-state index in [1.54, 1.807) is 6.07 Å². The van der Waals surface area contributed by atoms with Crippen LogP contribution in [0, 0.1) is 0 Å². The monoisotopic (exact) mass is 198 g/mol. The first-order valence-electron chi connectivity index (χ1n) is 4.47. The van der Waals surface area contributed by atoms with Gasteiger partial charge in [-0.25, -0.2) is 0 Å². The minimum Gasteiger partial charge on any atom is -0.506 e. The smallest absolute Gasteiger partial charge is 0.137 e. The molecular weight excluding hydrogens is 184 g/mol. The van der Waals surface area contributed by atoms with Crippen molar-refractivity contribution in [3.8, 4) is 5.75 Å². The maximum Gasteiger partial charge on any atom is 0.137 e. The maximum atomic E-state index is 9.73. The molecule has 0 fully saturated rings. The van der Waals surface area contributed by atoms with Crippen molar-refractivity contribution in [1.82, 2.24) is 0 Å². The summed E-state index contributed by atoms with van der Waals surface area (Å²) in [6, 6.07) is 5.49. The summed E-state index contributed by atoms with van der Waals surface area (Å²) in [7, 11) is 0. The first kappa shape index (κ1) is 10.4. The molecule has 1 rings (SSSR count). The third-order valence-electron chi connectivity index (χ3n) is 2.60. The van der Waals surface area contributed by atoms with E-state index in [0.29, 0.717) is 5.02 Å². The fraction of sp³-hybridized carbons (Fsp3) is 0.455. The van der Waals surface area contributed by atoms with Crippen LogP contribution in [-0.2, 0) is 5.41 Å². The van der Waals surface area contributed by atoms with Gasteiger partial charge >= 0.3 is 0 Å². The molecule has 2 heteroatoms. The number of halogens is 1. The molecule has 0 heterocycles. The summed E-state index contributed by atoms with van der Waals surface area (Å²) >= 11 is 5.83. The minimum absolute atomic E-state index is 0.0189. The highest BCUT2D eigenvalue weighted by atomic mass is 35.5. The normalized spacial score (nSPS) is 11.7. The van der Waals surface area contributed by atoms with Crippen molar-refractivity contribution in [1.29, 1.82) is 0 Å². The molecule has 0 aromatic heterocycles. The predicted octanol–water partition coefficient (Wildman–Crippen LogP) is 3.73. The molecule has 0 bridgehead atoms. The number of hydrogen-bond donors (Lipinski definition) is 1. The van der Waals surface area contributed by atoms with E-state index < -0.39 is 0 Å². The molecule has 1 aromatic rings. The van der Waals surface area contributed by atoms with Gasteiger partial charge in [0, 0.05) is 5.56 Å². The topological polar surface area (TPSA) is 20.2 Å². The van der Waals surface area contributed by atoms with Gasteiger partial charge in [0.15, 0.2) is 0 Å². The number of phenolic OH excluding ortho intramolecular Hbond substituents is 1. The van der Waals surface area contributed by atoms with Gasteiger partial charge < -0.3 is 5.11 Å². The quantitative estimate of drug-likeness (QED) is 0.768. The van der Waals surface area contributed by atoms with Crippen molar-refractivity contribution in [3.05, 3.63) is 28.8 Å². The summed E-state index contributed by atoms with van der Waals surface area (Å²) in [6.07, 6.45) is 0.973. The summed E-state index contributed by atoms with van der Waals surface area (Å²) in [6.45, 7) is 6.29. The van der Waals surface area contributed by atoms with Gasteiger partial charge in [0.25, 0.3) is 0 Å². The Balaban J connectivity index is 3.22. The molecule has 0 aliphatic rings. The first-order valence-corrected chi connectivity index (χ1v) is 4.85. The third-order valence-corrected chi connectivity index (χ3v) is 2.90. The van der Waals surface area contributed by atoms with Crippen molar-refractivity contribution >= 4 is 11.6 Å². The molecule has 72 valence electrons. The molecule has 1 nitrogen and oxygen atoms in total. The zero-order valence-electron chi connectivity index (χ0n) is 8.26. The van der Waals surface area contributed by atoms with Gasteiger partial charge in [0.2, 0.25) is 0 Å². The number of hydrogen-bond acceptors (Lipinski definition) is 1. The lowest BCUT2D eigenvalue weighted by Gasteiger charge is -2.24. The Morgan fingerprint density at radius 2 is 2.00 bits per heavy atom. The Morgan fingerprint density at radius 3 is 2.54 bits per heavy atom. The molecule has 0 aliphatic heterocycles. The molecule has 0 saturated heterocycles. The Kier molecular flexibility index (Phi) is 2.87. The molecule has 0 spiro atoms. The number of benzene rings is 1. The van der Waals surface area contributed by atoms with Gasteiger partial charge in [-0.15, -0.1) is 0 Å². The van der Waals surface area contributed by atoms with Gasteiger partial charge in [-0.1, -0.05) is 44.5 Å². The fourth-order valence-electron chi connectivity index (χ4n) is 1.25. The number of rotatable bonds is 2. The van der Waals surface area contributed by atoms with Gasteiger partial charge in [0.1, 0.15) is 5.75 Å². The van der Waals surface area contributed by atoms with Crippen LogP contribution in [0.1, 0.15) is 32.8 Å². The summed E-state index contributed by atoms with van der Waals surface area (Å²) in [5.74, 6) is 0.219. The van der Waals surface area contributed by atoms with Crippen LogP contribution in [0.4, 0.5) is 0 Å². The molecule has 0 radical (unpaired) electrons. The van der Waals surface area contributed by atoms with Crippen molar-refractivity contribution < 1.29 is 5.11 Å². The van der Waals surface area contributed by atoms with Crippen molar-refractivity contribution in [2.45, 2.75) is 32.6 Å². The van der Waals surface area contributed by atoms with Gasteiger partial charge in [-0.2, -0.15) is 0 Å². The van der Waals surface area contributed by atoms with Crippen LogP contribution in [0.15, 0.2) is 18.2 Å².